The van der Waals surface area contributed by atoms with Crippen LogP contribution in [0, 0.1) is 5.92 Å². The fourth-order valence-electron chi connectivity index (χ4n) is 2.87. The molecule has 5 nitrogen and oxygen atoms in total. The van der Waals surface area contributed by atoms with Crippen LogP contribution in [0.2, 0.25) is 0 Å². The van der Waals surface area contributed by atoms with Crippen LogP contribution in [0.1, 0.15) is 43.8 Å². The number of piperidine rings is 1. The Morgan fingerprint density at radius 3 is 3.11 bits per heavy atom. The molecule has 2 fully saturated rings. The van der Waals surface area contributed by atoms with Crippen LogP contribution in [0.4, 0.5) is 0 Å². The number of rotatable bonds is 3. The molecule has 1 N–H and O–H groups in total. The highest BCUT2D eigenvalue weighted by Gasteiger charge is 2.26. The molecule has 0 radical (unpaired) electrons. The van der Waals surface area contributed by atoms with E-state index < -0.39 is 0 Å². The summed E-state index contributed by atoms with van der Waals surface area (Å²) in [4.78, 5) is 4.57. The van der Waals surface area contributed by atoms with Gasteiger partial charge in [0.05, 0.1) is 0 Å². The van der Waals surface area contributed by atoms with Crippen LogP contribution in [0.5, 0.6) is 0 Å². The SMILES string of the molecule is CC1CC(c2nc(CC3CCOC3)no2)CCN1. The molecular formula is C13H21N3O2. The lowest BCUT2D eigenvalue weighted by molar-refractivity contribution is 0.185. The lowest BCUT2D eigenvalue weighted by atomic mass is 9.93. The highest BCUT2D eigenvalue weighted by Crippen LogP contribution is 2.27. The first-order chi connectivity index (χ1) is 8.81. The molecule has 3 rings (SSSR count). The van der Waals surface area contributed by atoms with Crippen LogP contribution >= 0.6 is 0 Å². The molecule has 3 heterocycles. The first kappa shape index (κ1) is 12.1. The molecule has 1 aromatic heterocycles. The maximum atomic E-state index is 5.43. The molecular weight excluding hydrogens is 230 g/mol. The lowest BCUT2D eigenvalue weighted by Gasteiger charge is -2.25. The number of hydrogen-bond donors (Lipinski definition) is 1. The molecule has 100 valence electrons. The second-order valence-electron chi connectivity index (χ2n) is 5.56. The molecule has 0 bridgehead atoms. The van der Waals surface area contributed by atoms with E-state index in [0.717, 1.165) is 57.2 Å². The zero-order chi connectivity index (χ0) is 12.4. The number of ether oxygens (including phenoxy) is 1. The lowest BCUT2D eigenvalue weighted by Crippen LogP contribution is -2.34. The van der Waals surface area contributed by atoms with Crippen molar-refractivity contribution in [1.29, 1.82) is 0 Å². The first-order valence-electron chi connectivity index (χ1n) is 6.95. The second kappa shape index (κ2) is 5.36. The van der Waals surface area contributed by atoms with Crippen LogP contribution in [0.15, 0.2) is 4.52 Å². The third-order valence-corrected chi connectivity index (χ3v) is 3.95. The molecule has 0 aliphatic carbocycles. The quantitative estimate of drug-likeness (QED) is 0.882. The molecule has 5 heteroatoms. The summed E-state index contributed by atoms with van der Waals surface area (Å²) in [5, 5.41) is 7.56. The third kappa shape index (κ3) is 2.72. The fraction of sp³-hybridized carbons (Fsp3) is 0.846. The van der Waals surface area contributed by atoms with E-state index in [-0.39, 0.29) is 0 Å². The summed E-state index contributed by atoms with van der Waals surface area (Å²) in [6, 6.07) is 0.544. The fourth-order valence-corrected chi connectivity index (χ4v) is 2.87. The number of aromatic nitrogens is 2. The normalized spacial score (nSPS) is 32.8. The Hall–Kier alpha value is -0.940. The van der Waals surface area contributed by atoms with Crippen LogP contribution in [-0.4, -0.2) is 35.9 Å². The largest absolute Gasteiger partial charge is 0.381 e. The van der Waals surface area contributed by atoms with Gasteiger partial charge in [-0.25, -0.2) is 0 Å². The smallest absolute Gasteiger partial charge is 0.229 e. The van der Waals surface area contributed by atoms with Gasteiger partial charge in [0.2, 0.25) is 5.89 Å². The van der Waals surface area contributed by atoms with Crippen LogP contribution in [-0.2, 0) is 11.2 Å². The number of nitrogens with one attached hydrogen (secondary N) is 1. The van der Waals surface area contributed by atoms with Crippen molar-refractivity contribution in [3.05, 3.63) is 11.7 Å². The third-order valence-electron chi connectivity index (χ3n) is 3.95. The first-order valence-corrected chi connectivity index (χ1v) is 6.95. The topological polar surface area (TPSA) is 60.2 Å². The van der Waals surface area contributed by atoms with Crippen molar-refractivity contribution in [1.82, 2.24) is 15.5 Å². The number of hydrogen-bond acceptors (Lipinski definition) is 5. The van der Waals surface area contributed by atoms with Crippen molar-refractivity contribution in [2.75, 3.05) is 19.8 Å². The van der Waals surface area contributed by atoms with Gasteiger partial charge in [-0.1, -0.05) is 5.16 Å². The standard InChI is InChI=1S/C13H21N3O2/c1-9-6-11(2-4-14-9)13-15-12(16-18-13)7-10-3-5-17-8-10/h9-11,14H,2-8H2,1H3. The Bertz CT molecular complexity index is 387. The molecule has 3 unspecified atom stereocenters. The van der Waals surface area contributed by atoms with Crippen LogP contribution in [0.25, 0.3) is 0 Å². The zero-order valence-corrected chi connectivity index (χ0v) is 10.9. The molecule has 0 spiro atoms. The Morgan fingerprint density at radius 2 is 2.33 bits per heavy atom. The highest BCUT2D eigenvalue weighted by molar-refractivity contribution is 4.98. The minimum atomic E-state index is 0.433. The van der Waals surface area contributed by atoms with Gasteiger partial charge in [0, 0.05) is 31.6 Å². The minimum absolute atomic E-state index is 0.433. The molecule has 0 amide bonds. The van der Waals surface area contributed by atoms with E-state index in [2.05, 4.69) is 22.4 Å². The van der Waals surface area contributed by atoms with Crippen molar-refractivity contribution in [2.24, 2.45) is 5.92 Å². The van der Waals surface area contributed by atoms with Crippen molar-refractivity contribution in [2.45, 2.75) is 44.6 Å². The molecule has 3 atom stereocenters. The van der Waals surface area contributed by atoms with Crippen LogP contribution in [0.3, 0.4) is 0 Å². The van der Waals surface area contributed by atoms with E-state index in [9.17, 15) is 0 Å². The Balaban J connectivity index is 1.61. The van der Waals surface area contributed by atoms with Gasteiger partial charge in [-0.2, -0.15) is 4.98 Å². The van der Waals surface area contributed by atoms with Crippen molar-refractivity contribution in [3.8, 4) is 0 Å². The maximum Gasteiger partial charge on any atom is 0.229 e. The highest BCUT2D eigenvalue weighted by atomic mass is 16.5. The summed E-state index contributed by atoms with van der Waals surface area (Å²) >= 11 is 0. The zero-order valence-electron chi connectivity index (χ0n) is 10.9. The Kier molecular flexibility index (Phi) is 3.61. The van der Waals surface area contributed by atoms with Gasteiger partial charge in [0.1, 0.15) is 0 Å². The average molecular weight is 251 g/mol. The van der Waals surface area contributed by atoms with E-state index in [1.807, 2.05) is 0 Å². The second-order valence-corrected chi connectivity index (χ2v) is 5.56. The Morgan fingerprint density at radius 1 is 1.39 bits per heavy atom. The van der Waals surface area contributed by atoms with E-state index in [0.29, 0.717) is 17.9 Å². The van der Waals surface area contributed by atoms with Gasteiger partial charge in [-0.3, -0.25) is 0 Å². The summed E-state index contributed by atoms with van der Waals surface area (Å²) in [6.07, 6.45) is 4.20. The summed E-state index contributed by atoms with van der Waals surface area (Å²) in [6.45, 7) is 4.97. The van der Waals surface area contributed by atoms with E-state index in [1.165, 1.54) is 0 Å². The molecule has 0 aromatic carbocycles. The molecule has 2 aliphatic rings. The molecule has 2 saturated heterocycles. The molecule has 18 heavy (non-hydrogen) atoms. The maximum absolute atomic E-state index is 5.43. The number of nitrogens with zero attached hydrogens (tertiary/aromatic N) is 2. The van der Waals surface area contributed by atoms with Crippen molar-refractivity contribution < 1.29 is 9.26 Å². The average Bonchev–Trinajstić information content (AvgIpc) is 3.01. The van der Waals surface area contributed by atoms with Crippen molar-refractivity contribution in [3.63, 3.8) is 0 Å². The molecule has 0 saturated carbocycles. The molecule has 1 aromatic rings. The minimum Gasteiger partial charge on any atom is -0.381 e. The predicted molar refractivity (Wildman–Crippen MR) is 66.4 cm³/mol. The van der Waals surface area contributed by atoms with E-state index in [4.69, 9.17) is 9.26 Å². The van der Waals surface area contributed by atoms with Gasteiger partial charge in [-0.15, -0.1) is 0 Å². The van der Waals surface area contributed by atoms with Gasteiger partial charge < -0.3 is 14.6 Å². The van der Waals surface area contributed by atoms with Gasteiger partial charge in [0.15, 0.2) is 5.82 Å². The van der Waals surface area contributed by atoms with Gasteiger partial charge >= 0.3 is 0 Å². The van der Waals surface area contributed by atoms with E-state index >= 15 is 0 Å². The van der Waals surface area contributed by atoms with Gasteiger partial charge in [0.25, 0.3) is 0 Å². The van der Waals surface area contributed by atoms with Gasteiger partial charge in [-0.05, 0) is 38.6 Å². The Labute approximate surface area is 107 Å². The predicted octanol–water partition coefficient (Wildman–Crippen LogP) is 1.50. The van der Waals surface area contributed by atoms with E-state index in [1.54, 1.807) is 0 Å². The summed E-state index contributed by atoms with van der Waals surface area (Å²) in [5.74, 6) is 2.69. The summed E-state index contributed by atoms with van der Waals surface area (Å²) < 4.78 is 10.8. The van der Waals surface area contributed by atoms with Crippen LogP contribution < -0.4 is 5.32 Å². The summed E-state index contributed by atoms with van der Waals surface area (Å²) in [7, 11) is 0. The molecule has 2 aliphatic heterocycles. The summed E-state index contributed by atoms with van der Waals surface area (Å²) in [5.41, 5.74) is 0. The van der Waals surface area contributed by atoms with Crippen molar-refractivity contribution >= 4 is 0 Å². The monoisotopic (exact) mass is 251 g/mol.